The highest BCUT2D eigenvalue weighted by atomic mass is 19.1. The zero-order valence-corrected chi connectivity index (χ0v) is 8.76. The average Bonchev–Trinajstić information content (AvgIpc) is 2.10. The van der Waals surface area contributed by atoms with Crippen LogP contribution >= 0.6 is 0 Å². The van der Waals surface area contributed by atoms with Gasteiger partial charge in [-0.15, -0.1) is 0 Å². The SMILES string of the molecule is CNCC1CCC1c1cc(F)cc(F)c1. The molecule has 2 atom stereocenters. The van der Waals surface area contributed by atoms with Crippen LogP contribution in [0.5, 0.6) is 0 Å². The molecular weight excluding hydrogens is 196 g/mol. The summed E-state index contributed by atoms with van der Waals surface area (Å²) in [5.74, 6) is -0.0981. The minimum atomic E-state index is -0.472. The molecule has 0 heterocycles. The van der Waals surface area contributed by atoms with Crippen LogP contribution in [-0.2, 0) is 0 Å². The van der Waals surface area contributed by atoms with E-state index in [4.69, 9.17) is 0 Å². The van der Waals surface area contributed by atoms with E-state index >= 15 is 0 Å². The van der Waals surface area contributed by atoms with Gasteiger partial charge in [0.25, 0.3) is 0 Å². The summed E-state index contributed by atoms with van der Waals surface area (Å²) in [4.78, 5) is 0. The van der Waals surface area contributed by atoms with Crippen LogP contribution in [-0.4, -0.2) is 13.6 Å². The minimum absolute atomic E-state index is 0.322. The Kier molecular flexibility index (Phi) is 3.00. The molecule has 0 radical (unpaired) electrons. The zero-order valence-electron chi connectivity index (χ0n) is 8.76. The van der Waals surface area contributed by atoms with Gasteiger partial charge in [0.2, 0.25) is 0 Å². The first-order chi connectivity index (χ1) is 7.20. The fraction of sp³-hybridized carbons (Fsp3) is 0.500. The van der Waals surface area contributed by atoms with Crippen molar-refractivity contribution in [3.63, 3.8) is 0 Å². The molecule has 15 heavy (non-hydrogen) atoms. The summed E-state index contributed by atoms with van der Waals surface area (Å²) < 4.78 is 26.0. The Hall–Kier alpha value is -0.960. The van der Waals surface area contributed by atoms with Crippen molar-refractivity contribution in [2.75, 3.05) is 13.6 Å². The van der Waals surface area contributed by atoms with Crippen LogP contribution in [0.4, 0.5) is 8.78 Å². The van der Waals surface area contributed by atoms with Crippen molar-refractivity contribution in [3.8, 4) is 0 Å². The molecular formula is C12H15F2N. The largest absolute Gasteiger partial charge is 0.319 e. The van der Waals surface area contributed by atoms with E-state index in [1.165, 1.54) is 12.1 Å². The Labute approximate surface area is 88.5 Å². The molecule has 0 saturated heterocycles. The number of hydrogen-bond acceptors (Lipinski definition) is 1. The van der Waals surface area contributed by atoms with E-state index in [1.54, 1.807) is 0 Å². The van der Waals surface area contributed by atoms with Gasteiger partial charge in [0.05, 0.1) is 0 Å². The van der Waals surface area contributed by atoms with Crippen LogP contribution in [0, 0.1) is 17.6 Å². The molecule has 0 aromatic heterocycles. The van der Waals surface area contributed by atoms with Crippen molar-refractivity contribution >= 4 is 0 Å². The molecule has 0 bridgehead atoms. The van der Waals surface area contributed by atoms with Crippen molar-refractivity contribution in [1.29, 1.82) is 0 Å². The highest BCUT2D eigenvalue weighted by molar-refractivity contribution is 5.24. The van der Waals surface area contributed by atoms with Gasteiger partial charge in [-0.1, -0.05) is 0 Å². The molecule has 1 saturated carbocycles. The van der Waals surface area contributed by atoms with E-state index in [9.17, 15) is 8.78 Å². The minimum Gasteiger partial charge on any atom is -0.319 e. The normalized spacial score (nSPS) is 25.0. The maximum Gasteiger partial charge on any atom is 0.126 e. The lowest BCUT2D eigenvalue weighted by molar-refractivity contribution is 0.249. The first-order valence-corrected chi connectivity index (χ1v) is 5.31. The summed E-state index contributed by atoms with van der Waals surface area (Å²) in [6, 6.07) is 3.83. The Morgan fingerprint density at radius 2 is 1.87 bits per heavy atom. The molecule has 1 nitrogen and oxygen atoms in total. The molecule has 0 aliphatic heterocycles. The molecule has 3 heteroatoms. The highest BCUT2D eigenvalue weighted by Gasteiger charge is 2.31. The standard InChI is InChI=1S/C12H15F2N/c1-15-7-8-2-3-12(8)9-4-10(13)6-11(14)5-9/h4-6,8,12,15H,2-3,7H2,1H3. The number of rotatable bonds is 3. The van der Waals surface area contributed by atoms with E-state index < -0.39 is 11.6 Å². The lowest BCUT2D eigenvalue weighted by Crippen LogP contribution is -2.32. The van der Waals surface area contributed by atoms with E-state index in [0.717, 1.165) is 31.0 Å². The maximum absolute atomic E-state index is 13.0. The smallest absolute Gasteiger partial charge is 0.126 e. The molecule has 2 rings (SSSR count). The van der Waals surface area contributed by atoms with E-state index in [-0.39, 0.29) is 0 Å². The third kappa shape index (κ3) is 2.17. The van der Waals surface area contributed by atoms with Crippen LogP contribution in [0.3, 0.4) is 0 Å². The van der Waals surface area contributed by atoms with Crippen LogP contribution in [0.15, 0.2) is 18.2 Å². The van der Waals surface area contributed by atoms with Crippen molar-refractivity contribution < 1.29 is 8.78 Å². The van der Waals surface area contributed by atoms with Crippen LogP contribution in [0.25, 0.3) is 0 Å². The van der Waals surface area contributed by atoms with Gasteiger partial charge in [-0.3, -0.25) is 0 Å². The second kappa shape index (κ2) is 4.27. The number of benzene rings is 1. The second-order valence-corrected chi connectivity index (χ2v) is 4.20. The molecule has 82 valence electrons. The molecule has 0 spiro atoms. The van der Waals surface area contributed by atoms with Crippen LogP contribution < -0.4 is 5.32 Å². The number of nitrogens with one attached hydrogen (secondary N) is 1. The van der Waals surface area contributed by atoms with Crippen LogP contribution in [0.2, 0.25) is 0 Å². The van der Waals surface area contributed by atoms with Crippen molar-refractivity contribution in [2.24, 2.45) is 5.92 Å². The van der Waals surface area contributed by atoms with Crippen molar-refractivity contribution in [1.82, 2.24) is 5.32 Å². The Balaban J connectivity index is 2.15. The van der Waals surface area contributed by atoms with E-state index in [0.29, 0.717) is 11.8 Å². The molecule has 2 unspecified atom stereocenters. The quantitative estimate of drug-likeness (QED) is 0.810. The van der Waals surface area contributed by atoms with Crippen molar-refractivity contribution in [2.45, 2.75) is 18.8 Å². The third-order valence-electron chi connectivity index (χ3n) is 3.20. The molecule has 1 N–H and O–H groups in total. The van der Waals surface area contributed by atoms with Gasteiger partial charge in [0, 0.05) is 6.07 Å². The molecule has 0 amide bonds. The highest BCUT2D eigenvalue weighted by Crippen LogP contribution is 2.42. The Bertz CT molecular complexity index is 331. The summed E-state index contributed by atoms with van der Waals surface area (Å²) in [7, 11) is 1.90. The summed E-state index contributed by atoms with van der Waals surface area (Å²) in [5, 5.41) is 3.11. The van der Waals surface area contributed by atoms with Crippen molar-refractivity contribution in [3.05, 3.63) is 35.4 Å². The van der Waals surface area contributed by atoms with E-state index in [2.05, 4.69) is 5.32 Å². The second-order valence-electron chi connectivity index (χ2n) is 4.20. The van der Waals surface area contributed by atoms with Gasteiger partial charge in [0.1, 0.15) is 11.6 Å². The summed E-state index contributed by atoms with van der Waals surface area (Å²) >= 11 is 0. The number of hydrogen-bond donors (Lipinski definition) is 1. The van der Waals surface area contributed by atoms with E-state index in [1.807, 2.05) is 7.05 Å². The molecule has 1 aromatic rings. The molecule has 1 aromatic carbocycles. The van der Waals surface area contributed by atoms with Gasteiger partial charge in [-0.2, -0.15) is 0 Å². The zero-order chi connectivity index (χ0) is 10.8. The van der Waals surface area contributed by atoms with Gasteiger partial charge in [0.15, 0.2) is 0 Å². The lowest BCUT2D eigenvalue weighted by atomic mass is 9.70. The molecule has 1 aliphatic rings. The van der Waals surface area contributed by atoms with Gasteiger partial charge in [-0.05, 0) is 56.0 Å². The van der Waals surface area contributed by atoms with Gasteiger partial charge < -0.3 is 5.32 Å². The lowest BCUT2D eigenvalue weighted by Gasteiger charge is -2.37. The first kappa shape index (κ1) is 10.6. The topological polar surface area (TPSA) is 12.0 Å². The van der Waals surface area contributed by atoms with Gasteiger partial charge in [-0.25, -0.2) is 8.78 Å². The summed E-state index contributed by atoms with van der Waals surface area (Å²) in [6.07, 6.45) is 2.18. The summed E-state index contributed by atoms with van der Waals surface area (Å²) in [6.45, 7) is 0.919. The molecule has 1 fully saturated rings. The predicted octanol–water partition coefficient (Wildman–Crippen LogP) is 2.68. The predicted molar refractivity (Wildman–Crippen MR) is 55.7 cm³/mol. The van der Waals surface area contributed by atoms with Gasteiger partial charge >= 0.3 is 0 Å². The summed E-state index contributed by atoms with van der Waals surface area (Å²) in [5.41, 5.74) is 0.805. The fourth-order valence-corrected chi connectivity index (χ4v) is 2.30. The van der Waals surface area contributed by atoms with Crippen LogP contribution in [0.1, 0.15) is 24.3 Å². The molecule has 1 aliphatic carbocycles. The average molecular weight is 211 g/mol. The maximum atomic E-state index is 13.0. The fourth-order valence-electron chi connectivity index (χ4n) is 2.30. The Morgan fingerprint density at radius 1 is 1.20 bits per heavy atom. The third-order valence-corrected chi connectivity index (χ3v) is 3.20. The Morgan fingerprint density at radius 3 is 2.33 bits per heavy atom. The monoisotopic (exact) mass is 211 g/mol. The first-order valence-electron chi connectivity index (χ1n) is 5.31. The number of halogens is 2.